The van der Waals surface area contributed by atoms with Gasteiger partial charge in [0.05, 0.1) is 12.2 Å². The summed E-state index contributed by atoms with van der Waals surface area (Å²) in [6, 6.07) is 15.4. The molecule has 1 aliphatic rings. The highest BCUT2D eigenvalue weighted by Gasteiger charge is 2.25. The lowest BCUT2D eigenvalue weighted by Gasteiger charge is -2.33. The summed E-state index contributed by atoms with van der Waals surface area (Å²) in [7, 11) is 0. The predicted molar refractivity (Wildman–Crippen MR) is 107 cm³/mol. The van der Waals surface area contributed by atoms with E-state index < -0.39 is 0 Å². The molecule has 1 aliphatic heterocycles. The Morgan fingerprint density at radius 1 is 1.11 bits per heavy atom. The summed E-state index contributed by atoms with van der Waals surface area (Å²) in [6.07, 6.45) is 1.63. The fraction of sp³-hybridized carbons (Fsp3) is 0.364. The van der Waals surface area contributed by atoms with Crippen molar-refractivity contribution in [3.63, 3.8) is 0 Å². The van der Waals surface area contributed by atoms with Crippen LogP contribution in [0.2, 0.25) is 0 Å². The Morgan fingerprint density at radius 3 is 2.48 bits per heavy atom. The Labute approximate surface area is 160 Å². The minimum Gasteiger partial charge on any atom is -0.462 e. The second-order valence-electron chi connectivity index (χ2n) is 6.89. The number of aryl methyl sites for hydroxylation is 1. The average Bonchev–Trinajstić information content (AvgIpc) is 2.69. The Bertz CT molecular complexity index is 793. The molecular weight excluding hydrogens is 340 g/mol. The molecule has 1 fully saturated rings. The third-order valence-corrected chi connectivity index (χ3v) is 4.91. The van der Waals surface area contributed by atoms with Crippen LogP contribution in [0.3, 0.4) is 0 Å². The SMILES string of the molecule is CCOC(=O)c1cccc(NC(=O)C2CCN(c3ccc(C)cc3)CC2)c1. The highest BCUT2D eigenvalue weighted by molar-refractivity contribution is 5.95. The zero-order chi connectivity index (χ0) is 19.2. The number of benzene rings is 2. The van der Waals surface area contributed by atoms with E-state index in [2.05, 4.69) is 41.4 Å². The summed E-state index contributed by atoms with van der Waals surface area (Å²) in [5.74, 6) is -0.377. The second kappa shape index (κ2) is 8.71. The van der Waals surface area contributed by atoms with Gasteiger partial charge in [-0.1, -0.05) is 23.8 Å². The second-order valence-corrected chi connectivity index (χ2v) is 6.89. The van der Waals surface area contributed by atoms with E-state index in [9.17, 15) is 9.59 Å². The lowest BCUT2D eigenvalue weighted by molar-refractivity contribution is -0.120. The first-order valence-electron chi connectivity index (χ1n) is 9.46. The number of nitrogens with one attached hydrogen (secondary N) is 1. The lowest BCUT2D eigenvalue weighted by Crippen LogP contribution is -2.38. The van der Waals surface area contributed by atoms with E-state index in [1.807, 2.05) is 0 Å². The molecule has 1 heterocycles. The Kier molecular flexibility index (Phi) is 6.12. The van der Waals surface area contributed by atoms with Crippen LogP contribution in [-0.4, -0.2) is 31.6 Å². The summed E-state index contributed by atoms with van der Waals surface area (Å²) in [4.78, 5) is 26.8. The fourth-order valence-corrected chi connectivity index (χ4v) is 3.34. The van der Waals surface area contributed by atoms with Crippen molar-refractivity contribution in [2.24, 2.45) is 5.92 Å². The third-order valence-electron chi connectivity index (χ3n) is 4.91. The van der Waals surface area contributed by atoms with Crippen molar-refractivity contribution < 1.29 is 14.3 Å². The number of anilines is 2. The molecule has 2 aromatic carbocycles. The third kappa shape index (κ3) is 4.88. The number of nitrogens with zero attached hydrogens (tertiary/aromatic N) is 1. The van der Waals surface area contributed by atoms with Crippen LogP contribution in [0, 0.1) is 12.8 Å². The van der Waals surface area contributed by atoms with Gasteiger partial charge in [-0.2, -0.15) is 0 Å². The van der Waals surface area contributed by atoms with E-state index in [-0.39, 0.29) is 17.8 Å². The van der Waals surface area contributed by atoms with Crippen LogP contribution < -0.4 is 10.2 Å². The molecule has 5 heteroatoms. The van der Waals surface area contributed by atoms with Gasteiger partial charge in [-0.15, -0.1) is 0 Å². The van der Waals surface area contributed by atoms with Crippen molar-refractivity contribution in [1.82, 2.24) is 0 Å². The quantitative estimate of drug-likeness (QED) is 0.812. The molecule has 142 valence electrons. The van der Waals surface area contributed by atoms with E-state index >= 15 is 0 Å². The topological polar surface area (TPSA) is 58.6 Å². The number of carbonyl (C=O) groups is 2. The van der Waals surface area contributed by atoms with Crippen LogP contribution in [0.25, 0.3) is 0 Å². The number of hydrogen-bond donors (Lipinski definition) is 1. The Balaban J connectivity index is 1.56. The molecule has 0 aromatic heterocycles. The summed E-state index contributed by atoms with van der Waals surface area (Å²) in [6.45, 7) is 5.91. The Hall–Kier alpha value is -2.82. The molecule has 0 unspecified atom stereocenters. The standard InChI is InChI=1S/C22H26N2O3/c1-3-27-22(26)18-5-4-6-19(15-18)23-21(25)17-11-13-24(14-12-17)20-9-7-16(2)8-10-20/h4-10,15,17H,3,11-14H2,1-2H3,(H,23,25). The number of amides is 1. The van der Waals surface area contributed by atoms with Gasteiger partial charge in [0.15, 0.2) is 0 Å². The van der Waals surface area contributed by atoms with Gasteiger partial charge in [-0.05, 0) is 57.0 Å². The van der Waals surface area contributed by atoms with Gasteiger partial charge in [0.25, 0.3) is 0 Å². The first kappa shape index (κ1) is 19.0. The Morgan fingerprint density at radius 2 is 1.81 bits per heavy atom. The van der Waals surface area contributed by atoms with Gasteiger partial charge in [-0.25, -0.2) is 4.79 Å². The number of piperidine rings is 1. The normalized spacial score (nSPS) is 14.7. The van der Waals surface area contributed by atoms with Crippen molar-refractivity contribution in [3.8, 4) is 0 Å². The summed E-state index contributed by atoms with van der Waals surface area (Å²) in [5, 5.41) is 2.95. The van der Waals surface area contributed by atoms with E-state index in [0.717, 1.165) is 25.9 Å². The molecule has 0 spiro atoms. The highest BCUT2D eigenvalue weighted by Crippen LogP contribution is 2.25. The van der Waals surface area contributed by atoms with Crippen LogP contribution in [-0.2, 0) is 9.53 Å². The maximum atomic E-state index is 12.6. The monoisotopic (exact) mass is 366 g/mol. The minimum absolute atomic E-state index is 0.0135. The van der Waals surface area contributed by atoms with Crippen molar-refractivity contribution in [2.75, 3.05) is 29.9 Å². The lowest BCUT2D eigenvalue weighted by atomic mass is 9.95. The van der Waals surface area contributed by atoms with Gasteiger partial charge in [0, 0.05) is 30.4 Å². The molecule has 1 saturated heterocycles. The number of ether oxygens (including phenoxy) is 1. The van der Waals surface area contributed by atoms with Crippen molar-refractivity contribution >= 4 is 23.3 Å². The van der Waals surface area contributed by atoms with Crippen molar-refractivity contribution in [3.05, 3.63) is 59.7 Å². The van der Waals surface area contributed by atoms with Crippen molar-refractivity contribution in [2.45, 2.75) is 26.7 Å². The maximum Gasteiger partial charge on any atom is 0.338 e. The zero-order valence-corrected chi connectivity index (χ0v) is 15.9. The zero-order valence-electron chi connectivity index (χ0n) is 15.9. The number of hydrogen-bond acceptors (Lipinski definition) is 4. The van der Waals surface area contributed by atoms with E-state index in [1.165, 1.54) is 11.3 Å². The number of esters is 1. The molecule has 27 heavy (non-hydrogen) atoms. The van der Waals surface area contributed by atoms with Crippen LogP contribution >= 0.6 is 0 Å². The van der Waals surface area contributed by atoms with Crippen LogP contribution in [0.1, 0.15) is 35.7 Å². The average molecular weight is 366 g/mol. The van der Waals surface area contributed by atoms with E-state index in [4.69, 9.17) is 4.74 Å². The summed E-state index contributed by atoms with van der Waals surface area (Å²) < 4.78 is 5.01. The molecule has 0 radical (unpaired) electrons. The molecular formula is C22H26N2O3. The minimum atomic E-state index is -0.375. The highest BCUT2D eigenvalue weighted by atomic mass is 16.5. The summed E-state index contributed by atoms with van der Waals surface area (Å²) >= 11 is 0. The molecule has 2 aromatic rings. The fourth-order valence-electron chi connectivity index (χ4n) is 3.34. The van der Waals surface area contributed by atoms with Crippen LogP contribution in [0.4, 0.5) is 11.4 Å². The number of rotatable bonds is 5. The van der Waals surface area contributed by atoms with Crippen LogP contribution in [0.15, 0.2) is 48.5 Å². The molecule has 5 nitrogen and oxygen atoms in total. The van der Waals surface area contributed by atoms with Crippen LogP contribution in [0.5, 0.6) is 0 Å². The molecule has 0 atom stereocenters. The molecule has 0 aliphatic carbocycles. The van der Waals surface area contributed by atoms with E-state index in [1.54, 1.807) is 31.2 Å². The van der Waals surface area contributed by atoms with Gasteiger partial charge >= 0.3 is 5.97 Å². The molecule has 0 bridgehead atoms. The maximum absolute atomic E-state index is 12.6. The predicted octanol–water partition coefficient (Wildman–Crippen LogP) is 4.03. The molecule has 3 rings (SSSR count). The summed E-state index contributed by atoms with van der Waals surface area (Å²) in [5.41, 5.74) is 3.54. The molecule has 1 N–H and O–H groups in total. The first-order valence-corrected chi connectivity index (χ1v) is 9.46. The van der Waals surface area contributed by atoms with Gasteiger partial charge in [0.1, 0.15) is 0 Å². The van der Waals surface area contributed by atoms with Gasteiger partial charge in [0.2, 0.25) is 5.91 Å². The van der Waals surface area contributed by atoms with Crippen molar-refractivity contribution in [1.29, 1.82) is 0 Å². The van der Waals surface area contributed by atoms with E-state index in [0.29, 0.717) is 17.9 Å². The largest absolute Gasteiger partial charge is 0.462 e. The number of carbonyl (C=O) groups excluding carboxylic acids is 2. The van der Waals surface area contributed by atoms with Gasteiger partial charge < -0.3 is 15.0 Å². The van der Waals surface area contributed by atoms with Gasteiger partial charge in [-0.3, -0.25) is 4.79 Å². The molecule has 1 amide bonds. The first-order chi connectivity index (χ1) is 13.1. The smallest absolute Gasteiger partial charge is 0.338 e. The molecule has 0 saturated carbocycles.